The number of aromatic hydroxyl groups is 1. The number of rotatable bonds is 5. The lowest BCUT2D eigenvalue weighted by Gasteiger charge is -2.11. The zero-order valence-corrected chi connectivity index (χ0v) is 24.3. The van der Waals surface area contributed by atoms with Gasteiger partial charge in [-0.15, -0.1) is 20.5 Å². The van der Waals surface area contributed by atoms with E-state index in [4.69, 9.17) is 28.9 Å². The highest BCUT2D eigenvalue weighted by Crippen LogP contribution is 2.46. The molecule has 0 saturated carbocycles. The Hall–Kier alpha value is -2.11. The minimum atomic E-state index is -4.86. The van der Waals surface area contributed by atoms with Gasteiger partial charge in [0.05, 0.1) is 15.7 Å². The molecule has 9 nitrogen and oxygen atoms in total. The van der Waals surface area contributed by atoms with E-state index in [0.29, 0.717) is 10.7 Å². The Bertz CT molecular complexity index is 1700. The first-order valence-electron chi connectivity index (χ1n) is 9.75. The van der Waals surface area contributed by atoms with Gasteiger partial charge in [0.2, 0.25) is 0 Å². The topological polar surface area (TPSA) is 150 Å². The van der Waals surface area contributed by atoms with Crippen molar-refractivity contribution < 1.29 is 18.1 Å². The average Bonchev–Trinajstić information content (AvgIpc) is 2.79. The van der Waals surface area contributed by atoms with Crippen LogP contribution in [-0.2, 0) is 10.1 Å². The van der Waals surface area contributed by atoms with E-state index < -0.39 is 26.5 Å². The first-order valence-corrected chi connectivity index (χ1v) is 14.1. The number of hydrogen-bond donors (Lipinski definition) is 3. The molecule has 4 N–H and O–H groups in total. The highest BCUT2D eigenvalue weighted by atomic mass is 127. The van der Waals surface area contributed by atoms with Crippen molar-refractivity contribution >= 4 is 118 Å². The molecule has 0 heterocycles. The summed E-state index contributed by atoms with van der Waals surface area (Å²) < 4.78 is 36.1. The van der Waals surface area contributed by atoms with Gasteiger partial charge in [0.25, 0.3) is 10.1 Å². The Balaban J connectivity index is 1.92. The van der Waals surface area contributed by atoms with Gasteiger partial charge in [-0.3, -0.25) is 4.55 Å². The predicted molar refractivity (Wildman–Crippen MR) is 157 cm³/mol. The maximum Gasteiger partial charge on any atom is 0.296 e. The zero-order valence-electron chi connectivity index (χ0n) is 17.7. The van der Waals surface area contributed by atoms with E-state index in [-0.39, 0.29) is 32.9 Å². The molecule has 0 atom stereocenters. The van der Waals surface area contributed by atoms with Gasteiger partial charge in [-0.1, -0.05) is 23.2 Å². The lowest BCUT2D eigenvalue weighted by Crippen LogP contribution is -1.99. The summed E-state index contributed by atoms with van der Waals surface area (Å²) in [6, 6.07) is 14.1. The number of hydrogen-bond acceptors (Lipinski definition) is 8. The molecular formula is C22H13Cl2I2N5O4S. The van der Waals surface area contributed by atoms with E-state index in [0.717, 1.165) is 13.2 Å². The number of nitrogens with zero attached hydrogens (tertiary/aromatic N) is 4. The van der Waals surface area contributed by atoms with Crippen molar-refractivity contribution in [2.75, 3.05) is 5.73 Å². The minimum Gasteiger partial charge on any atom is -0.505 e. The van der Waals surface area contributed by atoms with Gasteiger partial charge in [0, 0.05) is 17.9 Å². The molecule has 14 heteroatoms. The number of fused-ring (bicyclic) bond motifs is 1. The van der Waals surface area contributed by atoms with Crippen molar-refractivity contribution in [2.24, 2.45) is 20.5 Å². The van der Waals surface area contributed by atoms with Crippen molar-refractivity contribution in [2.45, 2.75) is 4.90 Å². The molecule has 184 valence electrons. The SMILES string of the molecule is Nc1ccc2c(O)c(N=Nc3ccc(I)cc3Cl)c(S(=O)(=O)O)cc2c1N=Nc1ccc(I)cc1Cl. The van der Waals surface area contributed by atoms with Crippen LogP contribution in [-0.4, -0.2) is 18.1 Å². The first kappa shape index (κ1) is 26.9. The summed E-state index contributed by atoms with van der Waals surface area (Å²) in [5, 5.41) is 28.0. The molecule has 4 rings (SSSR count). The van der Waals surface area contributed by atoms with Crippen LogP contribution in [0.2, 0.25) is 10.0 Å². The Morgan fingerprint density at radius 2 is 1.28 bits per heavy atom. The van der Waals surface area contributed by atoms with Crippen molar-refractivity contribution in [3.8, 4) is 5.75 Å². The molecule has 4 aromatic rings. The average molecular weight is 768 g/mol. The normalized spacial score (nSPS) is 12.2. The number of azo groups is 2. The minimum absolute atomic E-state index is 0.0616. The highest BCUT2D eigenvalue weighted by Gasteiger charge is 2.24. The second-order valence-electron chi connectivity index (χ2n) is 7.24. The van der Waals surface area contributed by atoms with Gasteiger partial charge in [-0.25, -0.2) is 0 Å². The fourth-order valence-electron chi connectivity index (χ4n) is 3.16. The number of benzene rings is 4. The van der Waals surface area contributed by atoms with Crippen LogP contribution in [0, 0.1) is 7.14 Å². The Morgan fingerprint density at radius 1 is 0.750 bits per heavy atom. The maximum atomic E-state index is 12.2. The predicted octanol–water partition coefficient (Wildman–Crippen LogP) is 8.72. The standard InChI is InChI=1S/C22H13Cl2I2N5O4S/c23-14-7-10(25)1-5-17(14)28-30-20-13-9-19(36(33,34)35)21(22(32)12(13)3-4-16(20)27)31-29-18-6-2-11(26)8-15(18)24/h1-9,32H,27H2,(H,33,34,35). The molecule has 4 aromatic carbocycles. The molecule has 0 bridgehead atoms. The Kier molecular flexibility index (Phi) is 8.01. The summed E-state index contributed by atoms with van der Waals surface area (Å²) in [5.74, 6) is -0.561. The van der Waals surface area contributed by atoms with Crippen LogP contribution in [0.15, 0.2) is 79.9 Å². The van der Waals surface area contributed by atoms with Crippen LogP contribution in [0.3, 0.4) is 0 Å². The van der Waals surface area contributed by atoms with Crippen LogP contribution in [0.25, 0.3) is 10.8 Å². The molecule has 0 unspecified atom stereocenters. The molecule has 0 spiro atoms. The number of phenolic OH excluding ortho intramolecular Hbond substituents is 1. The van der Waals surface area contributed by atoms with Gasteiger partial charge in [-0.05, 0) is 99.8 Å². The van der Waals surface area contributed by atoms with Crippen molar-refractivity contribution in [1.82, 2.24) is 0 Å². The number of phenols is 1. The molecule has 0 saturated heterocycles. The zero-order chi connectivity index (χ0) is 26.2. The van der Waals surface area contributed by atoms with Gasteiger partial charge >= 0.3 is 0 Å². The summed E-state index contributed by atoms with van der Waals surface area (Å²) in [4.78, 5) is -0.702. The number of nitrogen functional groups attached to an aromatic ring is 1. The van der Waals surface area contributed by atoms with Gasteiger partial charge < -0.3 is 10.8 Å². The lowest BCUT2D eigenvalue weighted by molar-refractivity contribution is 0.472. The Morgan fingerprint density at radius 3 is 1.78 bits per heavy atom. The number of halogens is 4. The molecule has 36 heavy (non-hydrogen) atoms. The summed E-state index contributed by atoms with van der Waals surface area (Å²) in [7, 11) is -4.86. The largest absolute Gasteiger partial charge is 0.505 e. The highest BCUT2D eigenvalue weighted by molar-refractivity contribution is 14.1. The van der Waals surface area contributed by atoms with Gasteiger partial charge in [-0.2, -0.15) is 8.42 Å². The third-order valence-corrected chi connectivity index (χ3v) is 7.66. The fraction of sp³-hybridized carbons (Fsp3) is 0. The van der Waals surface area contributed by atoms with Crippen LogP contribution in [0.4, 0.5) is 28.4 Å². The van der Waals surface area contributed by atoms with E-state index >= 15 is 0 Å². The first-order chi connectivity index (χ1) is 17.0. The monoisotopic (exact) mass is 767 g/mol. The molecule has 0 amide bonds. The molecule has 0 fully saturated rings. The number of anilines is 1. The summed E-state index contributed by atoms with van der Waals surface area (Å²) in [6.07, 6.45) is 0. The second kappa shape index (κ2) is 10.7. The van der Waals surface area contributed by atoms with Crippen LogP contribution in [0.1, 0.15) is 0 Å². The van der Waals surface area contributed by atoms with Gasteiger partial charge in [0.15, 0.2) is 5.75 Å². The molecular weight excluding hydrogens is 755 g/mol. The second-order valence-corrected chi connectivity index (χ2v) is 11.9. The van der Waals surface area contributed by atoms with Crippen LogP contribution < -0.4 is 5.73 Å². The van der Waals surface area contributed by atoms with Crippen molar-refractivity contribution in [3.63, 3.8) is 0 Å². The fourth-order valence-corrected chi connectivity index (χ4v) is 5.59. The molecule has 0 aliphatic heterocycles. The van der Waals surface area contributed by atoms with E-state index in [9.17, 15) is 18.1 Å². The van der Waals surface area contributed by atoms with E-state index in [1.54, 1.807) is 36.4 Å². The van der Waals surface area contributed by atoms with Crippen molar-refractivity contribution in [3.05, 3.63) is 71.8 Å². The van der Waals surface area contributed by atoms with E-state index in [1.165, 1.54) is 12.1 Å². The van der Waals surface area contributed by atoms with Crippen LogP contribution in [0.5, 0.6) is 5.75 Å². The maximum absolute atomic E-state index is 12.2. The van der Waals surface area contributed by atoms with E-state index in [1.807, 2.05) is 0 Å². The summed E-state index contributed by atoms with van der Waals surface area (Å²) >= 11 is 16.6. The van der Waals surface area contributed by atoms with Crippen molar-refractivity contribution in [1.29, 1.82) is 0 Å². The third kappa shape index (κ3) is 5.73. The smallest absolute Gasteiger partial charge is 0.296 e. The number of nitrogens with two attached hydrogens (primary N) is 1. The quantitative estimate of drug-likeness (QED) is 0.0804. The molecule has 0 radical (unpaired) electrons. The van der Waals surface area contributed by atoms with E-state index in [2.05, 4.69) is 65.6 Å². The van der Waals surface area contributed by atoms with Crippen LogP contribution >= 0.6 is 68.4 Å². The molecule has 0 aliphatic rings. The summed E-state index contributed by atoms with van der Waals surface area (Å²) in [5.41, 5.74) is 6.40. The third-order valence-electron chi connectivity index (χ3n) is 4.85. The molecule has 0 aliphatic carbocycles. The molecule has 0 aromatic heterocycles. The van der Waals surface area contributed by atoms with Gasteiger partial charge in [0.1, 0.15) is 27.6 Å². The Labute approximate surface area is 242 Å². The lowest BCUT2D eigenvalue weighted by atomic mass is 10.1. The summed E-state index contributed by atoms with van der Waals surface area (Å²) in [6.45, 7) is 0.